The highest BCUT2D eigenvalue weighted by Crippen LogP contribution is 2.32. The van der Waals surface area contributed by atoms with Crippen LogP contribution in [0.5, 0.6) is 11.5 Å². The van der Waals surface area contributed by atoms with Gasteiger partial charge in [-0.2, -0.15) is 0 Å². The minimum atomic E-state index is 0.441. The lowest BCUT2D eigenvalue weighted by atomic mass is 10.2. The van der Waals surface area contributed by atoms with Gasteiger partial charge in [-0.25, -0.2) is 0 Å². The predicted molar refractivity (Wildman–Crippen MR) is 58.3 cm³/mol. The highest BCUT2D eigenvalue weighted by molar-refractivity contribution is 6.17. The van der Waals surface area contributed by atoms with Crippen molar-refractivity contribution >= 4 is 11.6 Å². The number of hydrogen-bond acceptors (Lipinski definition) is 2. The van der Waals surface area contributed by atoms with Crippen LogP contribution in [-0.2, 0) is 5.88 Å². The number of hydrogen-bond donors (Lipinski definition) is 0. The molecular weight excluding hydrogens is 200 g/mol. The first kappa shape index (κ1) is 11.2. The lowest BCUT2D eigenvalue weighted by Gasteiger charge is -2.12. The van der Waals surface area contributed by atoms with Gasteiger partial charge in [0.25, 0.3) is 0 Å². The van der Waals surface area contributed by atoms with Crippen molar-refractivity contribution in [2.45, 2.75) is 19.2 Å². The maximum atomic E-state index is 5.80. The molecule has 0 saturated carbocycles. The largest absolute Gasteiger partial charge is 0.493 e. The Morgan fingerprint density at radius 2 is 2.14 bits per heavy atom. The Balaban J connectivity index is 2.93. The van der Waals surface area contributed by atoms with E-state index >= 15 is 0 Å². The fraction of sp³-hybridized carbons (Fsp3) is 0.455. The molecule has 0 saturated heterocycles. The summed E-state index contributed by atoms with van der Waals surface area (Å²) < 4.78 is 10.8. The van der Waals surface area contributed by atoms with Crippen LogP contribution in [-0.4, -0.2) is 13.7 Å². The number of benzene rings is 1. The Labute approximate surface area is 89.8 Å². The molecule has 0 aliphatic carbocycles. The average Bonchev–Trinajstić information content (AvgIpc) is 2.25. The Morgan fingerprint density at radius 3 is 2.71 bits per heavy atom. The molecule has 0 bridgehead atoms. The average molecular weight is 215 g/mol. The summed E-state index contributed by atoms with van der Waals surface area (Å²) in [4.78, 5) is 0. The first-order valence-corrected chi connectivity index (χ1v) is 5.21. The van der Waals surface area contributed by atoms with Gasteiger partial charge >= 0.3 is 0 Å². The summed E-state index contributed by atoms with van der Waals surface area (Å²) in [5.41, 5.74) is 0.972. The molecule has 1 rings (SSSR count). The first-order chi connectivity index (χ1) is 6.83. The van der Waals surface area contributed by atoms with E-state index < -0.39 is 0 Å². The van der Waals surface area contributed by atoms with Crippen molar-refractivity contribution in [1.29, 1.82) is 0 Å². The molecular formula is C11H15ClO2. The molecule has 2 nitrogen and oxygen atoms in total. The monoisotopic (exact) mass is 214 g/mol. The molecule has 14 heavy (non-hydrogen) atoms. The van der Waals surface area contributed by atoms with E-state index in [1.54, 1.807) is 7.11 Å². The molecule has 0 N–H and O–H groups in total. The van der Waals surface area contributed by atoms with E-state index in [0.29, 0.717) is 12.5 Å². The van der Waals surface area contributed by atoms with Gasteiger partial charge in [-0.05, 0) is 12.5 Å². The Hall–Kier alpha value is -0.890. The fourth-order valence-electron chi connectivity index (χ4n) is 1.20. The predicted octanol–water partition coefficient (Wildman–Crippen LogP) is 3.22. The van der Waals surface area contributed by atoms with Gasteiger partial charge in [0.15, 0.2) is 11.5 Å². The minimum absolute atomic E-state index is 0.441. The molecule has 1 aromatic rings. The molecule has 0 atom stereocenters. The van der Waals surface area contributed by atoms with Crippen LogP contribution in [0.3, 0.4) is 0 Å². The molecule has 0 unspecified atom stereocenters. The molecule has 0 fully saturated rings. The summed E-state index contributed by atoms with van der Waals surface area (Å²) in [7, 11) is 1.63. The third kappa shape index (κ3) is 2.55. The summed E-state index contributed by atoms with van der Waals surface area (Å²) in [6, 6.07) is 5.73. The molecule has 0 aliphatic rings. The second-order valence-corrected chi connectivity index (χ2v) is 3.20. The van der Waals surface area contributed by atoms with E-state index in [-0.39, 0.29) is 0 Å². The topological polar surface area (TPSA) is 18.5 Å². The first-order valence-electron chi connectivity index (χ1n) is 4.68. The van der Waals surface area contributed by atoms with Gasteiger partial charge in [-0.1, -0.05) is 19.1 Å². The van der Waals surface area contributed by atoms with E-state index in [1.807, 2.05) is 18.2 Å². The molecule has 1 aromatic carbocycles. The molecule has 0 spiro atoms. The third-order valence-electron chi connectivity index (χ3n) is 1.87. The van der Waals surface area contributed by atoms with Gasteiger partial charge in [0.1, 0.15) is 0 Å². The van der Waals surface area contributed by atoms with Crippen LogP contribution in [0, 0.1) is 0 Å². The summed E-state index contributed by atoms with van der Waals surface area (Å²) in [6.45, 7) is 2.75. The number of halogens is 1. The van der Waals surface area contributed by atoms with Crippen LogP contribution in [0.2, 0.25) is 0 Å². The van der Waals surface area contributed by atoms with Crippen molar-refractivity contribution in [3.63, 3.8) is 0 Å². The number of alkyl halides is 1. The standard InChI is InChI=1S/C11H15ClO2/c1-3-7-14-11-9(8-12)5-4-6-10(11)13-2/h4-6H,3,7-8H2,1-2H3. The normalized spacial score (nSPS) is 9.93. The lowest BCUT2D eigenvalue weighted by Crippen LogP contribution is -2.00. The van der Waals surface area contributed by atoms with E-state index in [9.17, 15) is 0 Å². The van der Waals surface area contributed by atoms with Crippen molar-refractivity contribution in [2.75, 3.05) is 13.7 Å². The van der Waals surface area contributed by atoms with E-state index in [0.717, 1.165) is 23.5 Å². The highest BCUT2D eigenvalue weighted by atomic mass is 35.5. The molecule has 0 radical (unpaired) electrons. The van der Waals surface area contributed by atoms with Crippen molar-refractivity contribution in [3.8, 4) is 11.5 Å². The van der Waals surface area contributed by atoms with Crippen LogP contribution >= 0.6 is 11.6 Å². The maximum Gasteiger partial charge on any atom is 0.165 e. The molecule has 3 heteroatoms. The van der Waals surface area contributed by atoms with Crippen LogP contribution in [0.4, 0.5) is 0 Å². The third-order valence-corrected chi connectivity index (χ3v) is 2.16. The second kappa shape index (κ2) is 5.76. The lowest BCUT2D eigenvalue weighted by molar-refractivity contribution is 0.292. The Bertz CT molecular complexity index is 264. The maximum absolute atomic E-state index is 5.80. The molecule has 0 heterocycles. The van der Waals surface area contributed by atoms with Crippen LogP contribution in [0.15, 0.2) is 18.2 Å². The number of ether oxygens (including phenoxy) is 2. The van der Waals surface area contributed by atoms with E-state index in [2.05, 4.69) is 6.92 Å². The molecule has 0 aromatic heterocycles. The fourth-order valence-corrected chi connectivity index (χ4v) is 1.41. The Morgan fingerprint density at radius 1 is 1.36 bits per heavy atom. The highest BCUT2D eigenvalue weighted by Gasteiger charge is 2.08. The zero-order valence-electron chi connectivity index (χ0n) is 8.55. The second-order valence-electron chi connectivity index (χ2n) is 2.93. The summed E-state index contributed by atoms with van der Waals surface area (Å²) in [6.07, 6.45) is 0.972. The Kier molecular flexibility index (Phi) is 4.60. The number of rotatable bonds is 5. The van der Waals surface area contributed by atoms with Crippen LogP contribution < -0.4 is 9.47 Å². The van der Waals surface area contributed by atoms with Gasteiger partial charge in [-0.15, -0.1) is 11.6 Å². The van der Waals surface area contributed by atoms with Crippen molar-refractivity contribution in [2.24, 2.45) is 0 Å². The smallest absolute Gasteiger partial charge is 0.165 e. The van der Waals surface area contributed by atoms with Gasteiger partial charge < -0.3 is 9.47 Å². The number of methoxy groups -OCH3 is 1. The van der Waals surface area contributed by atoms with Gasteiger partial charge in [0, 0.05) is 5.56 Å². The zero-order valence-corrected chi connectivity index (χ0v) is 9.30. The quantitative estimate of drug-likeness (QED) is 0.701. The van der Waals surface area contributed by atoms with Crippen molar-refractivity contribution < 1.29 is 9.47 Å². The van der Waals surface area contributed by atoms with Gasteiger partial charge in [0.2, 0.25) is 0 Å². The summed E-state index contributed by atoms with van der Waals surface area (Å²) >= 11 is 5.80. The molecule has 78 valence electrons. The molecule has 0 aliphatic heterocycles. The minimum Gasteiger partial charge on any atom is -0.493 e. The van der Waals surface area contributed by atoms with Crippen LogP contribution in [0.1, 0.15) is 18.9 Å². The van der Waals surface area contributed by atoms with E-state index in [4.69, 9.17) is 21.1 Å². The van der Waals surface area contributed by atoms with Gasteiger partial charge in [0.05, 0.1) is 19.6 Å². The van der Waals surface area contributed by atoms with E-state index in [1.165, 1.54) is 0 Å². The molecule has 0 amide bonds. The van der Waals surface area contributed by atoms with Crippen molar-refractivity contribution in [3.05, 3.63) is 23.8 Å². The van der Waals surface area contributed by atoms with Gasteiger partial charge in [-0.3, -0.25) is 0 Å². The summed E-state index contributed by atoms with van der Waals surface area (Å²) in [5.74, 6) is 1.96. The van der Waals surface area contributed by atoms with Crippen LogP contribution in [0.25, 0.3) is 0 Å². The zero-order chi connectivity index (χ0) is 10.4. The van der Waals surface area contributed by atoms with Crippen molar-refractivity contribution in [1.82, 2.24) is 0 Å². The number of para-hydroxylation sites is 1. The SMILES string of the molecule is CCCOc1c(CCl)cccc1OC. The summed E-state index contributed by atoms with van der Waals surface area (Å²) in [5, 5.41) is 0.